The average molecular weight is 357 g/mol. The summed E-state index contributed by atoms with van der Waals surface area (Å²) < 4.78 is 27.3. The molecule has 1 heterocycles. The highest BCUT2D eigenvalue weighted by Crippen LogP contribution is 2.20. The van der Waals surface area contributed by atoms with E-state index in [1.807, 2.05) is 6.07 Å². The Kier molecular flexibility index (Phi) is 5.51. The van der Waals surface area contributed by atoms with Crippen molar-refractivity contribution in [3.8, 4) is 0 Å². The topological polar surface area (TPSA) is 59.1 Å². The summed E-state index contributed by atoms with van der Waals surface area (Å²) in [6, 6.07) is 8.67. The van der Waals surface area contributed by atoms with Crippen LogP contribution in [-0.4, -0.2) is 25.3 Å². The van der Waals surface area contributed by atoms with Crippen molar-refractivity contribution >= 4 is 36.9 Å². The molecule has 0 saturated heterocycles. The number of fused-ring (bicyclic) bond motifs is 1. The largest absolute Gasteiger partial charge is 0.256 e. The lowest BCUT2D eigenvalue weighted by molar-refractivity contribution is 0.577. The highest BCUT2D eigenvalue weighted by molar-refractivity contribution is 9.09. The summed E-state index contributed by atoms with van der Waals surface area (Å²) >= 11 is 3.36. The highest BCUT2D eigenvalue weighted by Gasteiger charge is 2.16. The van der Waals surface area contributed by atoms with Crippen LogP contribution in [0, 0.1) is 0 Å². The number of pyridine rings is 1. The highest BCUT2D eigenvalue weighted by atomic mass is 79.9. The Balaban J connectivity index is 2.15. The minimum absolute atomic E-state index is 0.295. The Morgan fingerprint density at radius 3 is 2.75 bits per heavy atom. The van der Waals surface area contributed by atoms with Gasteiger partial charge in [-0.2, -0.15) is 0 Å². The number of nitrogens with zero attached hydrogens (tertiary/aromatic N) is 1. The molecule has 0 radical (unpaired) electrons. The molecular formula is C14H17BrN2O2S. The molecule has 0 fully saturated rings. The van der Waals surface area contributed by atoms with Crippen molar-refractivity contribution in [3.63, 3.8) is 0 Å². The van der Waals surface area contributed by atoms with E-state index in [9.17, 15) is 8.42 Å². The maximum atomic E-state index is 12.3. The van der Waals surface area contributed by atoms with E-state index in [0.29, 0.717) is 22.3 Å². The number of alkyl halides is 1. The van der Waals surface area contributed by atoms with Crippen molar-refractivity contribution in [1.82, 2.24) is 9.71 Å². The number of aromatic nitrogens is 1. The summed E-state index contributed by atoms with van der Waals surface area (Å²) in [5.41, 5.74) is 0.690. The molecule has 0 aliphatic rings. The van der Waals surface area contributed by atoms with Gasteiger partial charge in [-0.1, -0.05) is 28.4 Å². The van der Waals surface area contributed by atoms with Crippen molar-refractivity contribution in [2.24, 2.45) is 0 Å². The number of hydrogen-bond donors (Lipinski definition) is 1. The molecule has 0 bridgehead atoms. The predicted molar refractivity (Wildman–Crippen MR) is 84.6 cm³/mol. The predicted octanol–water partition coefficient (Wildman–Crippen LogP) is 3.08. The molecule has 0 unspecified atom stereocenters. The second-order valence-electron chi connectivity index (χ2n) is 4.47. The van der Waals surface area contributed by atoms with E-state index in [1.165, 1.54) is 0 Å². The van der Waals surface area contributed by atoms with Crippen LogP contribution in [0.2, 0.25) is 0 Å². The quantitative estimate of drug-likeness (QED) is 0.612. The maximum Gasteiger partial charge on any atom is 0.241 e. The third-order valence-electron chi connectivity index (χ3n) is 3.00. The van der Waals surface area contributed by atoms with Crippen molar-refractivity contribution in [1.29, 1.82) is 0 Å². The fourth-order valence-corrected chi connectivity index (χ4v) is 3.67. The monoisotopic (exact) mass is 356 g/mol. The third kappa shape index (κ3) is 3.77. The molecule has 0 amide bonds. The van der Waals surface area contributed by atoms with Crippen LogP contribution in [0.15, 0.2) is 41.4 Å². The van der Waals surface area contributed by atoms with E-state index in [0.717, 1.165) is 24.6 Å². The van der Waals surface area contributed by atoms with Gasteiger partial charge in [-0.15, -0.1) is 0 Å². The van der Waals surface area contributed by atoms with Gasteiger partial charge >= 0.3 is 0 Å². The van der Waals surface area contributed by atoms with Gasteiger partial charge in [0.1, 0.15) is 0 Å². The first kappa shape index (κ1) is 15.4. The van der Waals surface area contributed by atoms with Gasteiger partial charge in [-0.05, 0) is 37.1 Å². The summed E-state index contributed by atoms with van der Waals surface area (Å²) in [5, 5.41) is 1.61. The van der Waals surface area contributed by atoms with Crippen LogP contribution in [-0.2, 0) is 10.0 Å². The van der Waals surface area contributed by atoms with Gasteiger partial charge in [0.2, 0.25) is 10.0 Å². The number of rotatable bonds is 7. The molecule has 1 aromatic heterocycles. The lowest BCUT2D eigenvalue weighted by Gasteiger charge is -2.09. The molecule has 0 spiro atoms. The summed E-state index contributed by atoms with van der Waals surface area (Å²) in [6.45, 7) is 0.464. The number of sulfonamides is 1. The molecule has 6 heteroatoms. The maximum absolute atomic E-state index is 12.3. The van der Waals surface area contributed by atoms with Gasteiger partial charge in [-0.3, -0.25) is 4.98 Å². The van der Waals surface area contributed by atoms with Crippen LogP contribution >= 0.6 is 15.9 Å². The molecule has 2 rings (SSSR count). The molecule has 20 heavy (non-hydrogen) atoms. The fraction of sp³-hybridized carbons (Fsp3) is 0.357. The van der Waals surface area contributed by atoms with Crippen molar-refractivity contribution in [2.75, 3.05) is 11.9 Å². The first-order valence-corrected chi connectivity index (χ1v) is 9.15. The van der Waals surface area contributed by atoms with Crippen molar-refractivity contribution < 1.29 is 8.42 Å². The number of hydrogen-bond acceptors (Lipinski definition) is 3. The Hall–Kier alpha value is -0.980. The fourth-order valence-electron chi connectivity index (χ4n) is 1.99. The normalized spacial score (nSPS) is 11.8. The molecule has 4 nitrogen and oxygen atoms in total. The lowest BCUT2D eigenvalue weighted by Crippen LogP contribution is -2.25. The second-order valence-corrected chi connectivity index (χ2v) is 7.00. The number of nitrogens with one attached hydrogen (secondary N) is 1. The molecule has 0 aliphatic carbocycles. The molecular weight excluding hydrogens is 340 g/mol. The van der Waals surface area contributed by atoms with Gasteiger partial charge in [0.05, 0.1) is 10.4 Å². The van der Waals surface area contributed by atoms with Crippen molar-refractivity contribution in [2.45, 2.75) is 24.2 Å². The Bertz CT molecular complexity index is 668. The third-order valence-corrected chi connectivity index (χ3v) is 5.08. The molecule has 0 saturated carbocycles. The Morgan fingerprint density at radius 2 is 1.95 bits per heavy atom. The van der Waals surface area contributed by atoms with Gasteiger partial charge in [0, 0.05) is 23.5 Å². The minimum atomic E-state index is -3.48. The summed E-state index contributed by atoms with van der Waals surface area (Å²) in [6.07, 6.45) is 4.56. The van der Waals surface area contributed by atoms with Crippen molar-refractivity contribution in [3.05, 3.63) is 36.5 Å². The number of halogens is 1. The van der Waals surface area contributed by atoms with Gasteiger partial charge in [-0.25, -0.2) is 13.1 Å². The molecule has 1 N–H and O–H groups in total. The molecule has 1 aromatic carbocycles. The van der Waals surface area contributed by atoms with Gasteiger partial charge in [0.15, 0.2) is 0 Å². The van der Waals surface area contributed by atoms with Crippen LogP contribution in [0.3, 0.4) is 0 Å². The molecule has 0 aliphatic heterocycles. The van der Waals surface area contributed by atoms with Crippen LogP contribution < -0.4 is 4.72 Å². The van der Waals surface area contributed by atoms with Gasteiger partial charge in [0.25, 0.3) is 0 Å². The smallest absolute Gasteiger partial charge is 0.241 e. The standard InChI is InChI=1S/C14H17BrN2O2S/c15-9-2-1-3-11-17-20(18,19)14-8-4-7-13-12(14)6-5-10-16-13/h4-8,10,17H,1-3,9,11H2. The zero-order chi connectivity index (χ0) is 14.4. The summed E-state index contributed by atoms with van der Waals surface area (Å²) in [5.74, 6) is 0. The first-order chi connectivity index (χ1) is 9.65. The average Bonchev–Trinajstić information content (AvgIpc) is 2.46. The Labute approximate surface area is 127 Å². The SMILES string of the molecule is O=S(=O)(NCCCCCBr)c1cccc2ncccc12. The Morgan fingerprint density at radius 1 is 1.10 bits per heavy atom. The van der Waals surface area contributed by atoms with Crippen LogP contribution in [0.4, 0.5) is 0 Å². The van der Waals surface area contributed by atoms with Crippen LogP contribution in [0.1, 0.15) is 19.3 Å². The van der Waals surface area contributed by atoms with E-state index >= 15 is 0 Å². The van der Waals surface area contributed by atoms with E-state index in [2.05, 4.69) is 25.6 Å². The number of benzene rings is 1. The van der Waals surface area contributed by atoms with E-state index in [-0.39, 0.29) is 0 Å². The zero-order valence-electron chi connectivity index (χ0n) is 11.0. The minimum Gasteiger partial charge on any atom is -0.256 e. The van der Waals surface area contributed by atoms with Crippen LogP contribution in [0.5, 0.6) is 0 Å². The van der Waals surface area contributed by atoms with E-state index < -0.39 is 10.0 Å². The first-order valence-electron chi connectivity index (χ1n) is 6.54. The van der Waals surface area contributed by atoms with Gasteiger partial charge < -0.3 is 0 Å². The van der Waals surface area contributed by atoms with Crippen LogP contribution in [0.25, 0.3) is 10.9 Å². The number of unbranched alkanes of at least 4 members (excludes halogenated alkanes) is 2. The molecule has 2 aromatic rings. The molecule has 108 valence electrons. The summed E-state index contributed by atoms with van der Waals surface area (Å²) in [7, 11) is -3.48. The second kappa shape index (κ2) is 7.15. The molecule has 0 atom stereocenters. The van der Waals surface area contributed by atoms with E-state index in [4.69, 9.17) is 0 Å². The zero-order valence-corrected chi connectivity index (χ0v) is 13.5. The lowest BCUT2D eigenvalue weighted by atomic mass is 10.2. The summed E-state index contributed by atoms with van der Waals surface area (Å²) in [4.78, 5) is 4.47. The van der Waals surface area contributed by atoms with E-state index in [1.54, 1.807) is 30.5 Å².